The Morgan fingerprint density at radius 3 is 1.00 bits per heavy atom. The largest absolute Gasteiger partial charge is 0.220 e. The van der Waals surface area contributed by atoms with E-state index < -0.39 is 0 Å². The average Bonchev–Trinajstić information content (AvgIpc) is 1.84. The molecule has 0 bridgehead atoms. The highest BCUT2D eigenvalue weighted by Crippen LogP contribution is 2.39. The molecule has 0 rings (SSSR count). The fraction of sp³-hybridized carbons (Fsp3) is 1.00. The van der Waals surface area contributed by atoms with Gasteiger partial charge in [0.2, 0.25) is 0 Å². The zero-order chi connectivity index (χ0) is 8.31. The summed E-state index contributed by atoms with van der Waals surface area (Å²) in [6.45, 7) is 9.07. The quantitative estimate of drug-likeness (QED) is 0.484. The van der Waals surface area contributed by atoms with E-state index in [4.69, 9.17) is 0 Å². The molecule has 0 radical (unpaired) electrons. The normalized spacial score (nSPS) is 12.6. The second-order valence-corrected chi connectivity index (χ2v) is 7.22. The molecule has 10 heavy (non-hydrogen) atoms. The van der Waals surface area contributed by atoms with Gasteiger partial charge < -0.3 is 0 Å². The van der Waals surface area contributed by atoms with Crippen LogP contribution in [0, 0.1) is 0 Å². The predicted molar refractivity (Wildman–Crippen MR) is 53.1 cm³/mol. The van der Waals surface area contributed by atoms with Gasteiger partial charge >= 0.3 is 0 Å². The van der Waals surface area contributed by atoms with Gasteiger partial charge in [-0.1, -0.05) is 0 Å². The third-order valence-corrected chi connectivity index (χ3v) is 4.57. The maximum absolute atomic E-state index is 2.33. The van der Waals surface area contributed by atoms with E-state index in [1.807, 2.05) is 0 Å². The molecule has 0 saturated heterocycles. The smallest absolute Gasteiger partial charge is 0.00624 e. The van der Waals surface area contributed by atoms with Crippen molar-refractivity contribution in [1.82, 2.24) is 9.56 Å². The number of rotatable bonds is 3. The van der Waals surface area contributed by atoms with Crippen LogP contribution in [0.25, 0.3) is 0 Å². The SMILES string of the molecule is CN(N(C)P(C)C)P(C)C. The van der Waals surface area contributed by atoms with Crippen molar-refractivity contribution in [3.8, 4) is 0 Å². The lowest BCUT2D eigenvalue weighted by molar-refractivity contribution is 0.267. The molecule has 0 aliphatic carbocycles. The van der Waals surface area contributed by atoms with Crippen molar-refractivity contribution in [3.63, 3.8) is 0 Å². The summed E-state index contributed by atoms with van der Waals surface area (Å²) in [7, 11) is 4.41. The average molecular weight is 180 g/mol. The first-order valence-corrected chi connectivity index (χ1v) is 7.66. The summed E-state index contributed by atoms with van der Waals surface area (Å²) in [5.41, 5.74) is 0. The molecule has 0 aromatic heterocycles. The summed E-state index contributed by atoms with van der Waals surface area (Å²) in [6.07, 6.45) is 0. The topological polar surface area (TPSA) is 6.48 Å². The Labute approximate surface area is 67.2 Å². The van der Waals surface area contributed by atoms with Gasteiger partial charge in [-0.25, -0.2) is 9.56 Å². The van der Waals surface area contributed by atoms with Crippen LogP contribution in [0.15, 0.2) is 0 Å². The molecule has 62 valence electrons. The molecule has 0 saturated carbocycles. The lowest BCUT2D eigenvalue weighted by Gasteiger charge is -2.34. The monoisotopic (exact) mass is 180 g/mol. The van der Waals surface area contributed by atoms with E-state index in [1.54, 1.807) is 0 Å². The van der Waals surface area contributed by atoms with Gasteiger partial charge in [0, 0.05) is 14.1 Å². The molecule has 0 N–H and O–H groups in total. The van der Waals surface area contributed by atoms with Crippen LogP contribution in [-0.4, -0.2) is 50.3 Å². The first-order chi connectivity index (χ1) is 4.46. The van der Waals surface area contributed by atoms with Crippen LogP contribution in [-0.2, 0) is 0 Å². The van der Waals surface area contributed by atoms with E-state index in [2.05, 4.69) is 50.3 Å². The van der Waals surface area contributed by atoms with E-state index in [1.165, 1.54) is 0 Å². The minimum atomic E-state index is 0.0419. The first-order valence-electron chi connectivity index (χ1n) is 3.28. The summed E-state index contributed by atoms with van der Waals surface area (Å²) in [4.78, 5) is 0. The number of hydrazine groups is 1. The Balaban J connectivity index is 3.81. The van der Waals surface area contributed by atoms with Gasteiger partial charge in [-0.15, -0.1) is 0 Å². The van der Waals surface area contributed by atoms with Crippen molar-refractivity contribution in [2.45, 2.75) is 0 Å². The fourth-order valence-electron chi connectivity index (χ4n) is 0.518. The third-order valence-electron chi connectivity index (χ3n) is 1.58. The molecule has 0 atom stereocenters. The van der Waals surface area contributed by atoms with Gasteiger partial charge in [-0.3, -0.25) is 0 Å². The lowest BCUT2D eigenvalue weighted by atomic mass is 11.4. The Morgan fingerprint density at radius 1 is 0.700 bits per heavy atom. The summed E-state index contributed by atoms with van der Waals surface area (Å²) in [5, 5.41) is 0. The highest BCUT2D eigenvalue weighted by molar-refractivity contribution is 7.56. The maximum Gasteiger partial charge on any atom is 0.00624 e. The molecule has 0 aromatic rings. The van der Waals surface area contributed by atoms with Crippen molar-refractivity contribution in [2.75, 3.05) is 40.8 Å². The van der Waals surface area contributed by atoms with E-state index in [0.717, 1.165) is 0 Å². The molecule has 4 heteroatoms. The van der Waals surface area contributed by atoms with E-state index in [-0.39, 0.29) is 16.1 Å². The zero-order valence-corrected chi connectivity index (χ0v) is 9.58. The molecular formula is C6H18N2P2. The highest BCUT2D eigenvalue weighted by atomic mass is 31.1. The van der Waals surface area contributed by atoms with Crippen LogP contribution < -0.4 is 0 Å². The standard InChI is InChI=1S/C6H18N2P2/c1-7(9(3)4)8(2)10(5)6/h1-6H3. The molecule has 0 aromatic carbocycles. The maximum atomic E-state index is 2.33. The van der Waals surface area contributed by atoms with Crippen molar-refractivity contribution in [1.29, 1.82) is 0 Å². The van der Waals surface area contributed by atoms with Gasteiger partial charge in [0.1, 0.15) is 0 Å². The van der Waals surface area contributed by atoms with Gasteiger partial charge in [-0.05, 0) is 42.8 Å². The van der Waals surface area contributed by atoms with Crippen LogP contribution in [0.5, 0.6) is 0 Å². The first kappa shape index (κ1) is 10.8. The van der Waals surface area contributed by atoms with Gasteiger partial charge in [-0.2, -0.15) is 0 Å². The Hall–Kier alpha value is 0.780. The molecule has 0 unspecified atom stereocenters. The predicted octanol–water partition coefficient (Wildman–Crippen LogP) is 2.08. The number of hydrogen-bond donors (Lipinski definition) is 0. The molecule has 0 heterocycles. The van der Waals surface area contributed by atoms with Gasteiger partial charge in [0.05, 0.1) is 0 Å². The molecular weight excluding hydrogens is 162 g/mol. The molecule has 0 aliphatic rings. The van der Waals surface area contributed by atoms with E-state index in [9.17, 15) is 0 Å². The van der Waals surface area contributed by atoms with Crippen molar-refractivity contribution < 1.29 is 0 Å². The van der Waals surface area contributed by atoms with Crippen molar-refractivity contribution in [2.24, 2.45) is 0 Å². The Morgan fingerprint density at radius 2 is 0.900 bits per heavy atom. The van der Waals surface area contributed by atoms with Crippen LogP contribution in [0.1, 0.15) is 0 Å². The van der Waals surface area contributed by atoms with Crippen LogP contribution in [0.2, 0.25) is 0 Å². The zero-order valence-electron chi connectivity index (χ0n) is 7.79. The van der Waals surface area contributed by atoms with Crippen LogP contribution >= 0.6 is 16.1 Å². The third kappa shape index (κ3) is 3.25. The minimum absolute atomic E-state index is 0.0419. The van der Waals surface area contributed by atoms with E-state index >= 15 is 0 Å². The van der Waals surface area contributed by atoms with Gasteiger partial charge in [0.15, 0.2) is 0 Å². The molecule has 0 spiro atoms. The molecule has 0 fully saturated rings. The fourth-order valence-corrected chi connectivity index (χ4v) is 2.51. The number of nitrogens with zero attached hydrogens (tertiary/aromatic N) is 2. The Bertz CT molecular complexity index is 83.7. The van der Waals surface area contributed by atoms with Crippen molar-refractivity contribution >= 4 is 16.1 Å². The second-order valence-electron chi connectivity index (χ2n) is 2.67. The summed E-state index contributed by atoms with van der Waals surface area (Å²) in [6, 6.07) is 0. The highest BCUT2D eigenvalue weighted by Gasteiger charge is 2.11. The van der Waals surface area contributed by atoms with E-state index in [0.29, 0.717) is 0 Å². The Kier molecular flexibility index (Phi) is 4.98. The van der Waals surface area contributed by atoms with Crippen LogP contribution in [0.3, 0.4) is 0 Å². The summed E-state index contributed by atoms with van der Waals surface area (Å²) in [5.74, 6) is 0. The number of hydrogen-bond acceptors (Lipinski definition) is 2. The molecule has 0 amide bonds. The lowest BCUT2D eigenvalue weighted by Crippen LogP contribution is -2.27. The molecule has 0 aliphatic heterocycles. The van der Waals surface area contributed by atoms with Gasteiger partial charge in [0.25, 0.3) is 0 Å². The molecule has 2 nitrogen and oxygen atoms in total. The summed E-state index contributed by atoms with van der Waals surface area (Å²) < 4.78 is 4.67. The minimum Gasteiger partial charge on any atom is -0.220 e. The second kappa shape index (κ2) is 4.62. The van der Waals surface area contributed by atoms with Crippen molar-refractivity contribution in [3.05, 3.63) is 0 Å². The summed E-state index contributed by atoms with van der Waals surface area (Å²) >= 11 is 0. The van der Waals surface area contributed by atoms with Crippen LogP contribution in [0.4, 0.5) is 0 Å².